The molecule has 0 aliphatic rings. The first-order chi connectivity index (χ1) is 6.93. The van der Waals surface area contributed by atoms with Crippen LogP contribution in [0.15, 0.2) is 16.4 Å². The second-order valence-corrected chi connectivity index (χ2v) is 5.51. The molecule has 15 heavy (non-hydrogen) atoms. The molecular weight excluding hydrogens is 228 g/mol. The van der Waals surface area contributed by atoms with Crippen LogP contribution in [0, 0.1) is 5.41 Å². The summed E-state index contributed by atoms with van der Waals surface area (Å²) in [6, 6.07) is 0. The van der Waals surface area contributed by atoms with Crippen molar-refractivity contribution in [3.63, 3.8) is 0 Å². The quantitative estimate of drug-likeness (QED) is 0.806. The van der Waals surface area contributed by atoms with E-state index < -0.39 is 0 Å². The SMILES string of the molecule is CC(C)(CCCn1ccsc1=O)C(N)=S. The Bertz CT molecular complexity index is 392. The van der Waals surface area contributed by atoms with Crippen LogP contribution in [0.4, 0.5) is 0 Å². The summed E-state index contributed by atoms with van der Waals surface area (Å²) in [6.07, 6.45) is 3.65. The fraction of sp³-hybridized carbons (Fsp3) is 0.600. The van der Waals surface area contributed by atoms with Crippen molar-refractivity contribution < 1.29 is 0 Å². The Balaban J connectivity index is 2.44. The van der Waals surface area contributed by atoms with E-state index in [1.54, 1.807) is 9.95 Å². The summed E-state index contributed by atoms with van der Waals surface area (Å²) < 4.78 is 1.72. The molecule has 0 aromatic carbocycles. The molecule has 0 fully saturated rings. The molecule has 1 rings (SSSR count). The summed E-state index contributed by atoms with van der Waals surface area (Å²) in [6.45, 7) is 4.81. The number of thiocarbonyl (C=S) groups is 1. The maximum absolute atomic E-state index is 11.2. The van der Waals surface area contributed by atoms with Gasteiger partial charge >= 0.3 is 4.87 Å². The Labute approximate surface area is 98.9 Å². The molecule has 1 heterocycles. The summed E-state index contributed by atoms with van der Waals surface area (Å²) in [7, 11) is 0. The maximum Gasteiger partial charge on any atom is 0.307 e. The first kappa shape index (κ1) is 12.4. The molecule has 0 atom stereocenters. The monoisotopic (exact) mass is 244 g/mol. The predicted octanol–water partition coefficient (Wildman–Crippen LogP) is 2.00. The molecule has 0 radical (unpaired) electrons. The van der Waals surface area contributed by atoms with Gasteiger partial charge in [-0.3, -0.25) is 4.79 Å². The third-order valence-corrected chi connectivity index (χ3v) is 3.76. The molecule has 0 unspecified atom stereocenters. The van der Waals surface area contributed by atoms with Crippen LogP contribution in [0.3, 0.4) is 0 Å². The maximum atomic E-state index is 11.2. The van der Waals surface area contributed by atoms with E-state index in [0.29, 0.717) is 4.99 Å². The molecule has 1 aromatic heterocycles. The Hall–Kier alpha value is -0.680. The Morgan fingerprint density at radius 2 is 2.33 bits per heavy atom. The van der Waals surface area contributed by atoms with Gasteiger partial charge in [0.05, 0.1) is 4.99 Å². The molecule has 84 valence electrons. The highest BCUT2D eigenvalue weighted by atomic mass is 32.1. The molecule has 3 nitrogen and oxygen atoms in total. The zero-order valence-electron chi connectivity index (χ0n) is 9.03. The van der Waals surface area contributed by atoms with E-state index in [0.717, 1.165) is 19.4 Å². The van der Waals surface area contributed by atoms with E-state index in [-0.39, 0.29) is 10.3 Å². The molecule has 5 heteroatoms. The van der Waals surface area contributed by atoms with Gasteiger partial charge in [-0.25, -0.2) is 0 Å². The largest absolute Gasteiger partial charge is 0.393 e. The van der Waals surface area contributed by atoms with Crippen LogP contribution in [0.5, 0.6) is 0 Å². The molecule has 0 bridgehead atoms. The number of aromatic nitrogens is 1. The zero-order valence-corrected chi connectivity index (χ0v) is 10.7. The van der Waals surface area contributed by atoms with Gasteiger partial charge in [0.25, 0.3) is 0 Å². The number of rotatable bonds is 5. The summed E-state index contributed by atoms with van der Waals surface area (Å²) >= 11 is 6.21. The second kappa shape index (κ2) is 4.90. The van der Waals surface area contributed by atoms with Crippen molar-refractivity contribution in [3.8, 4) is 0 Å². The van der Waals surface area contributed by atoms with Crippen molar-refractivity contribution in [1.82, 2.24) is 4.57 Å². The highest BCUT2D eigenvalue weighted by molar-refractivity contribution is 7.80. The highest BCUT2D eigenvalue weighted by Crippen LogP contribution is 2.22. The fourth-order valence-corrected chi connectivity index (χ4v) is 1.98. The highest BCUT2D eigenvalue weighted by Gasteiger charge is 2.20. The van der Waals surface area contributed by atoms with Crippen molar-refractivity contribution in [2.75, 3.05) is 0 Å². The average Bonchev–Trinajstić information content (AvgIpc) is 2.51. The van der Waals surface area contributed by atoms with Gasteiger partial charge in [-0.05, 0) is 12.8 Å². The van der Waals surface area contributed by atoms with Crippen molar-refractivity contribution in [1.29, 1.82) is 0 Å². The van der Waals surface area contributed by atoms with Crippen LogP contribution >= 0.6 is 23.6 Å². The molecule has 0 aliphatic heterocycles. The summed E-state index contributed by atoms with van der Waals surface area (Å²) in [5, 5.41) is 1.81. The van der Waals surface area contributed by atoms with Crippen LogP contribution in [-0.4, -0.2) is 9.56 Å². The molecule has 0 saturated heterocycles. The lowest BCUT2D eigenvalue weighted by atomic mass is 9.88. The molecular formula is C10H16N2OS2. The van der Waals surface area contributed by atoms with Gasteiger partial charge in [0, 0.05) is 23.5 Å². The topological polar surface area (TPSA) is 48.0 Å². The van der Waals surface area contributed by atoms with Gasteiger partial charge in [0.15, 0.2) is 0 Å². The summed E-state index contributed by atoms with van der Waals surface area (Å²) in [4.78, 5) is 11.9. The van der Waals surface area contributed by atoms with E-state index in [1.807, 2.05) is 20.0 Å². The van der Waals surface area contributed by atoms with Gasteiger partial charge in [-0.15, -0.1) is 0 Å². The van der Waals surface area contributed by atoms with Crippen molar-refractivity contribution in [3.05, 3.63) is 21.2 Å². The standard InChI is InChI=1S/C10H16N2OS2/c1-10(2,8(11)14)4-3-5-12-6-7-15-9(12)13/h6-7H,3-5H2,1-2H3,(H2,11,14). The van der Waals surface area contributed by atoms with Gasteiger partial charge in [0.2, 0.25) is 0 Å². The van der Waals surface area contributed by atoms with Gasteiger partial charge in [-0.1, -0.05) is 37.4 Å². The summed E-state index contributed by atoms with van der Waals surface area (Å²) in [5.41, 5.74) is 5.51. The first-order valence-electron chi connectivity index (χ1n) is 4.87. The number of aryl methyl sites for hydroxylation is 1. The van der Waals surface area contributed by atoms with Gasteiger partial charge < -0.3 is 10.3 Å². The number of thiazole rings is 1. The second-order valence-electron chi connectivity index (χ2n) is 4.21. The third kappa shape index (κ3) is 3.43. The predicted molar refractivity (Wildman–Crippen MR) is 68.4 cm³/mol. The molecule has 0 aliphatic carbocycles. The van der Waals surface area contributed by atoms with E-state index in [4.69, 9.17) is 18.0 Å². The summed E-state index contributed by atoms with van der Waals surface area (Å²) in [5.74, 6) is 0. The number of nitrogens with two attached hydrogens (primary N) is 1. The van der Waals surface area contributed by atoms with E-state index in [1.165, 1.54) is 11.3 Å². The minimum Gasteiger partial charge on any atom is -0.393 e. The van der Waals surface area contributed by atoms with Crippen LogP contribution in [0.25, 0.3) is 0 Å². The first-order valence-corrected chi connectivity index (χ1v) is 6.16. The third-order valence-electron chi connectivity index (χ3n) is 2.51. The Morgan fingerprint density at radius 1 is 1.67 bits per heavy atom. The lowest BCUT2D eigenvalue weighted by molar-refractivity contribution is 0.435. The van der Waals surface area contributed by atoms with Crippen molar-refractivity contribution in [2.45, 2.75) is 33.2 Å². The number of hydrogen-bond acceptors (Lipinski definition) is 3. The van der Waals surface area contributed by atoms with Crippen molar-refractivity contribution in [2.24, 2.45) is 11.1 Å². The van der Waals surface area contributed by atoms with E-state index in [2.05, 4.69) is 0 Å². The van der Waals surface area contributed by atoms with Gasteiger partial charge in [-0.2, -0.15) is 0 Å². The smallest absolute Gasteiger partial charge is 0.307 e. The van der Waals surface area contributed by atoms with E-state index in [9.17, 15) is 4.79 Å². The van der Waals surface area contributed by atoms with Gasteiger partial charge in [0.1, 0.15) is 0 Å². The average molecular weight is 244 g/mol. The normalized spacial score (nSPS) is 11.6. The Kier molecular flexibility index (Phi) is 4.04. The molecule has 0 spiro atoms. The molecule has 2 N–H and O–H groups in total. The number of hydrogen-bond donors (Lipinski definition) is 1. The van der Waals surface area contributed by atoms with Crippen LogP contribution in [0.2, 0.25) is 0 Å². The zero-order chi connectivity index (χ0) is 11.5. The van der Waals surface area contributed by atoms with Crippen LogP contribution < -0.4 is 10.6 Å². The molecule has 0 amide bonds. The minimum absolute atomic E-state index is 0.100. The van der Waals surface area contributed by atoms with Crippen LogP contribution in [-0.2, 0) is 6.54 Å². The lowest BCUT2D eigenvalue weighted by Crippen LogP contribution is -2.30. The minimum atomic E-state index is -0.116. The lowest BCUT2D eigenvalue weighted by Gasteiger charge is -2.22. The fourth-order valence-electron chi connectivity index (χ4n) is 1.27. The molecule has 1 aromatic rings. The number of nitrogens with zero attached hydrogens (tertiary/aromatic N) is 1. The molecule has 0 saturated carbocycles. The van der Waals surface area contributed by atoms with Crippen LogP contribution in [0.1, 0.15) is 26.7 Å². The van der Waals surface area contributed by atoms with Crippen molar-refractivity contribution >= 4 is 28.5 Å². The van der Waals surface area contributed by atoms with E-state index >= 15 is 0 Å². The Morgan fingerprint density at radius 3 is 2.80 bits per heavy atom.